The van der Waals surface area contributed by atoms with Crippen LogP contribution in [0.4, 0.5) is 5.69 Å². The molecule has 0 heterocycles. The number of amides is 2. The lowest BCUT2D eigenvalue weighted by Gasteiger charge is -2.09. The summed E-state index contributed by atoms with van der Waals surface area (Å²) in [6, 6.07) is 23.8. The van der Waals surface area contributed by atoms with Gasteiger partial charge in [-0.3, -0.25) is 9.59 Å². The van der Waals surface area contributed by atoms with E-state index in [-0.39, 0.29) is 18.4 Å². The Hall–Kier alpha value is -3.80. The number of ether oxygens (including phenoxy) is 2. The molecule has 0 atom stereocenters. The molecular weight excluding hydrogens is 380 g/mol. The van der Waals surface area contributed by atoms with E-state index in [0.717, 1.165) is 6.42 Å². The predicted molar refractivity (Wildman–Crippen MR) is 116 cm³/mol. The molecule has 0 aliphatic heterocycles. The third kappa shape index (κ3) is 6.38. The zero-order valence-electron chi connectivity index (χ0n) is 16.8. The average molecular weight is 404 g/mol. The van der Waals surface area contributed by atoms with Crippen LogP contribution in [-0.4, -0.2) is 32.1 Å². The van der Waals surface area contributed by atoms with Gasteiger partial charge in [-0.1, -0.05) is 36.4 Å². The molecule has 0 aromatic heterocycles. The van der Waals surface area contributed by atoms with Gasteiger partial charge in [-0.25, -0.2) is 0 Å². The molecule has 0 aliphatic carbocycles. The number of hydrogen-bond donors (Lipinski definition) is 2. The van der Waals surface area contributed by atoms with E-state index in [2.05, 4.69) is 10.6 Å². The van der Waals surface area contributed by atoms with E-state index in [1.807, 2.05) is 30.3 Å². The number of anilines is 1. The van der Waals surface area contributed by atoms with Crippen LogP contribution >= 0.6 is 0 Å². The highest BCUT2D eigenvalue weighted by Gasteiger charge is 2.07. The van der Waals surface area contributed by atoms with Gasteiger partial charge in [-0.15, -0.1) is 0 Å². The molecule has 6 heteroatoms. The van der Waals surface area contributed by atoms with Gasteiger partial charge in [0.25, 0.3) is 11.8 Å². The summed E-state index contributed by atoms with van der Waals surface area (Å²) in [7, 11) is 1.57. The third-order valence-electron chi connectivity index (χ3n) is 4.38. The number of carbonyl (C=O) groups is 2. The van der Waals surface area contributed by atoms with Gasteiger partial charge < -0.3 is 20.1 Å². The van der Waals surface area contributed by atoms with E-state index < -0.39 is 0 Å². The maximum Gasteiger partial charge on any atom is 0.262 e. The molecule has 0 saturated carbocycles. The Morgan fingerprint density at radius 3 is 2.37 bits per heavy atom. The van der Waals surface area contributed by atoms with Gasteiger partial charge in [0.2, 0.25) is 0 Å². The first kappa shape index (κ1) is 20.9. The van der Waals surface area contributed by atoms with Crippen LogP contribution in [0.1, 0.15) is 15.9 Å². The first-order chi connectivity index (χ1) is 14.6. The Balaban J connectivity index is 1.43. The molecule has 3 aromatic carbocycles. The fourth-order valence-corrected chi connectivity index (χ4v) is 2.82. The minimum Gasteiger partial charge on any atom is -0.497 e. The maximum atomic E-state index is 12.2. The van der Waals surface area contributed by atoms with Gasteiger partial charge in [0.05, 0.1) is 7.11 Å². The Morgan fingerprint density at radius 2 is 1.63 bits per heavy atom. The summed E-state index contributed by atoms with van der Waals surface area (Å²) >= 11 is 0. The van der Waals surface area contributed by atoms with Crippen molar-refractivity contribution in [1.82, 2.24) is 5.32 Å². The monoisotopic (exact) mass is 404 g/mol. The molecular formula is C24H24N2O4. The minimum absolute atomic E-state index is 0.139. The van der Waals surface area contributed by atoms with Gasteiger partial charge in [-0.2, -0.15) is 0 Å². The molecule has 0 unspecified atom stereocenters. The molecule has 30 heavy (non-hydrogen) atoms. The van der Waals surface area contributed by atoms with Crippen molar-refractivity contribution < 1.29 is 19.1 Å². The lowest BCUT2D eigenvalue weighted by atomic mass is 10.1. The molecule has 0 radical (unpaired) electrons. The minimum atomic E-state index is -0.286. The van der Waals surface area contributed by atoms with Crippen molar-refractivity contribution in [1.29, 1.82) is 0 Å². The smallest absolute Gasteiger partial charge is 0.262 e. The predicted octanol–water partition coefficient (Wildman–Crippen LogP) is 3.69. The lowest BCUT2D eigenvalue weighted by molar-refractivity contribution is -0.118. The zero-order valence-corrected chi connectivity index (χ0v) is 16.8. The number of hydrogen-bond acceptors (Lipinski definition) is 4. The van der Waals surface area contributed by atoms with Crippen molar-refractivity contribution >= 4 is 17.5 Å². The van der Waals surface area contributed by atoms with Crippen molar-refractivity contribution in [3.63, 3.8) is 0 Å². The van der Waals surface area contributed by atoms with E-state index in [9.17, 15) is 9.59 Å². The van der Waals surface area contributed by atoms with Gasteiger partial charge in [0.1, 0.15) is 11.5 Å². The number of rotatable bonds is 9. The number of benzene rings is 3. The first-order valence-electron chi connectivity index (χ1n) is 9.63. The summed E-state index contributed by atoms with van der Waals surface area (Å²) in [6.07, 6.45) is 0.774. The van der Waals surface area contributed by atoms with Gasteiger partial charge >= 0.3 is 0 Å². The van der Waals surface area contributed by atoms with Crippen LogP contribution in [0.15, 0.2) is 78.9 Å². The number of carbonyl (C=O) groups excluding carboxylic acids is 2. The SMILES string of the molecule is COc1cccc(NC(=O)COc2ccc(C(=O)NCCc3ccccc3)cc2)c1. The van der Waals surface area contributed by atoms with Gasteiger partial charge in [0, 0.05) is 23.9 Å². The molecule has 0 bridgehead atoms. The van der Waals surface area contributed by atoms with Gasteiger partial charge in [-0.05, 0) is 48.4 Å². The molecule has 2 N–H and O–H groups in total. The summed E-state index contributed by atoms with van der Waals surface area (Å²) in [5.74, 6) is 0.738. The Bertz CT molecular complexity index is 972. The highest BCUT2D eigenvalue weighted by molar-refractivity contribution is 5.94. The van der Waals surface area contributed by atoms with Crippen LogP contribution < -0.4 is 20.1 Å². The van der Waals surface area contributed by atoms with E-state index in [0.29, 0.717) is 29.3 Å². The largest absolute Gasteiger partial charge is 0.497 e. The summed E-state index contributed by atoms with van der Waals surface area (Å²) in [5.41, 5.74) is 2.34. The molecule has 6 nitrogen and oxygen atoms in total. The van der Waals surface area contributed by atoms with Crippen LogP contribution in [0.3, 0.4) is 0 Å². The molecule has 3 rings (SSSR count). The van der Waals surface area contributed by atoms with E-state index in [1.54, 1.807) is 55.6 Å². The Kier molecular flexibility index (Phi) is 7.44. The van der Waals surface area contributed by atoms with E-state index in [4.69, 9.17) is 9.47 Å². The topological polar surface area (TPSA) is 76.7 Å². The molecule has 0 spiro atoms. The van der Waals surface area contributed by atoms with Crippen molar-refractivity contribution in [2.45, 2.75) is 6.42 Å². The Morgan fingerprint density at radius 1 is 0.867 bits per heavy atom. The van der Waals surface area contributed by atoms with E-state index in [1.165, 1.54) is 5.56 Å². The number of nitrogens with one attached hydrogen (secondary N) is 2. The maximum absolute atomic E-state index is 12.2. The van der Waals surface area contributed by atoms with Crippen LogP contribution in [0.5, 0.6) is 11.5 Å². The second kappa shape index (κ2) is 10.7. The standard InChI is InChI=1S/C24H24N2O4/c1-29-22-9-5-8-20(16-22)26-23(27)17-30-21-12-10-19(11-13-21)24(28)25-15-14-18-6-3-2-4-7-18/h2-13,16H,14-15,17H2,1H3,(H,25,28)(H,26,27). The van der Waals surface area contributed by atoms with E-state index >= 15 is 0 Å². The molecule has 0 fully saturated rings. The summed E-state index contributed by atoms with van der Waals surface area (Å²) < 4.78 is 10.6. The fourth-order valence-electron chi connectivity index (χ4n) is 2.82. The quantitative estimate of drug-likeness (QED) is 0.570. The van der Waals surface area contributed by atoms with Crippen LogP contribution in [0.25, 0.3) is 0 Å². The average Bonchev–Trinajstić information content (AvgIpc) is 2.79. The Labute approximate surface area is 175 Å². The third-order valence-corrected chi connectivity index (χ3v) is 4.38. The molecule has 2 amide bonds. The highest BCUT2D eigenvalue weighted by atomic mass is 16.5. The molecule has 0 aliphatic rings. The molecule has 0 saturated heterocycles. The highest BCUT2D eigenvalue weighted by Crippen LogP contribution is 2.17. The normalized spacial score (nSPS) is 10.2. The second-order valence-electron chi connectivity index (χ2n) is 6.58. The van der Waals surface area contributed by atoms with Crippen LogP contribution in [0.2, 0.25) is 0 Å². The van der Waals surface area contributed by atoms with Gasteiger partial charge in [0.15, 0.2) is 6.61 Å². The summed E-state index contributed by atoms with van der Waals surface area (Å²) in [6.45, 7) is 0.422. The summed E-state index contributed by atoms with van der Waals surface area (Å²) in [5, 5.41) is 5.64. The van der Waals surface area contributed by atoms with Crippen LogP contribution in [0, 0.1) is 0 Å². The van der Waals surface area contributed by atoms with Crippen LogP contribution in [-0.2, 0) is 11.2 Å². The van der Waals surface area contributed by atoms with Crippen molar-refractivity contribution in [2.75, 3.05) is 25.6 Å². The second-order valence-corrected chi connectivity index (χ2v) is 6.58. The zero-order chi connectivity index (χ0) is 21.2. The van der Waals surface area contributed by atoms with Crippen molar-refractivity contribution in [3.8, 4) is 11.5 Å². The van der Waals surface area contributed by atoms with Crippen molar-refractivity contribution in [2.24, 2.45) is 0 Å². The lowest BCUT2D eigenvalue weighted by Crippen LogP contribution is -2.25. The first-order valence-corrected chi connectivity index (χ1v) is 9.63. The molecule has 3 aromatic rings. The summed E-state index contributed by atoms with van der Waals surface area (Å²) in [4.78, 5) is 24.3. The van der Waals surface area contributed by atoms with Crippen molar-refractivity contribution in [3.05, 3.63) is 90.0 Å². The number of methoxy groups -OCH3 is 1. The fraction of sp³-hybridized carbons (Fsp3) is 0.167. The molecule has 154 valence electrons.